The zero-order valence-corrected chi connectivity index (χ0v) is 20.5. The largest absolute Gasteiger partial charge is 0.482 e. The number of aryl methyl sites for hydroxylation is 1. The molecule has 3 rings (SSSR count). The van der Waals surface area contributed by atoms with Gasteiger partial charge in [0.1, 0.15) is 5.75 Å². The van der Waals surface area contributed by atoms with E-state index in [0.29, 0.717) is 44.0 Å². The number of nitrogens with one attached hydrogen (secondary N) is 1. The van der Waals surface area contributed by atoms with Gasteiger partial charge in [-0.25, -0.2) is 0 Å². The van der Waals surface area contributed by atoms with E-state index in [1.54, 1.807) is 30.3 Å². The van der Waals surface area contributed by atoms with Gasteiger partial charge in [-0.15, -0.1) is 16.8 Å². The fourth-order valence-electron chi connectivity index (χ4n) is 2.95. The van der Waals surface area contributed by atoms with Crippen molar-refractivity contribution in [3.05, 3.63) is 75.5 Å². The molecule has 1 unspecified atom stereocenters. The van der Waals surface area contributed by atoms with Crippen LogP contribution < -0.4 is 10.1 Å². The first-order chi connectivity index (χ1) is 15.3. The smallest absolute Gasteiger partial charge is 0.234 e. The van der Waals surface area contributed by atoms with Gasteiger partial charge in [-0.05, 0) is 55.8 Å². The second kappa shape index (κ2) is 11.1. The first-order valence-electron chi connectivity index (χ1n) is 9.62. The molecular formula is C22H21Cl3N4O2S. The van der Waals surface area contributed by atoms with Crippen molar-refractivity contribution >= 4 is 58.2 Å². The Morgan fingerprint density at radius 3 is 2.56 bits per heavy atom. The van der Waals surface area contributed by atoms with Crippen LogP contribution in [0, 0.1) is 6.92 Å². The molecule has 1 atom stereocenters. The zero-order valence-electron chi connectivity index (χ0n) is 17.4. The highest BCUT2D eigenvalue weighted by atomic mass is 35.5. The van der Waals surface area contributed by atoms with Crippen molar-refractivity contribution in [2.24, 2.45) is 0 Å². The number of rotatable bonds is 9. The molecule has 168 valence electrons. The summed E-state index contributed by atoms with van der Waals surface area (Å²) in [7, 11) is 0. The number of aromatic nitrogens is 3. The van der Waals surface area contributed by atoms with Crippen LogP contribution in [0.1, 0.15) is 24.4 Å². The fourth-order valence-corrected chi connectivity index (χ4v) is 4.46. The topological polar surface area (TPSA) is 69.0 Å². The van der Waals surface area contributed by atoms with Crippen LogP contribution in [-0.2, 0) is 11.3 Å². The molecule has 0 bridgehead atoms. The van der Waals surface area contributed by atoms with Crippen LogP contribution in [0.5, 0.6) is 5.75 Å². The second-order valence-corrected chi connectivity index (χ2v) is 9.16. The molecule has 0 saturated heterocycles. The maximum Gasteiger partial charge on any atom is 0.234 e. The van der Waals surface area contributed by atoms with Crippen LogP contribution in [0.4, 0.5) is 5.69 Å². The Bertz CT molecular complexity index is 1120. The van der Waals surface area contributed by atoms with E-state index >= 15 is 0 Å². The molecule has 10 heteroatoms. The lowest BCUT2D eigenvalue weighted by Gasteiger charge is -2.17. The Labute approximate surface area is 205 Å². The van der Waals surface area contributed by atoms with E-state index < -0.39 is 0 Å². The van der Waals surface area contributed by atoms with Gasteiger partial charge in [0.25, 0.3) is 0 Å². The molecule has 0 radical (unpaired) electrons. The molecule has 0 aliphatic carbocycles. The van der Waals surface area contributed by atoms with Crippen LogP contribution in [0.3, 0.4) is 0 Å². The highest BCUT2D eigenvalue weighted by Gasteiger charge is 2.20. The number of halogens is 3. The molecule has 3 aromatic rings. The number of carbonyl (C=O) groups excluding carboxylic acids is 1. The molecule has 1 heterocycles. The summed E-state index contributed by atoms with van der Waals surface area (Å²) in [5.41, 5.74) is 1.45. The van der Waals surface area contributed by atoms with Crippen molar-refractivity contribution < 1.29 is 9.53 Å². The maximum atomic E-state index is 12.4. The van der Waals surface area contributed by atoms with E-state index in [4.69, 9.17) is 39.5 Å². The Morgan fingerprint density at radius 2 is 1.91 bits per heavy atom. The third kappa shape index (κ3) is 6.42. The number of anilines is 1. The van der Waals surface area contributed by atoms with Crippen LogP contribution >= 0.6 is 46.6 Å². The third-order valence-electron chi connectivity index (χ3n) is 4.34. The number of allylic oxidation sites excluding steroid dienone is 1. The van der Waals surface area contributed by atoms with Gasteiger partial charge >= 0.3 is 0 Å². The molecule has 0 saturated carbocycles. The number of benzene rings is 2. The molecule has 32 heavy (non-hydrogen) atoms. The number of hydrogen-bond donors (Lipinski definition) is 1. The summed E-state index contributed by atoms with van der Waals surface area (Å²) >= 11 is 19.2. The minimum absolute atomic E-state index is 0.130. The van der Waals surface area contributed by atoms with Gasteiger partial charge in [0.05, 0.1) is 5.75 Å². The summed E-state index contributed by atoms with van der Waals surface area (Å²) in [6.45, 7) is 8.10. The third-order valence-corrected chi connectivity index (χ3v) is 5.98. The van der Waals surface area contributed by atoms with E-state index in [0.717, 1.165) is 5.56 Å². The van der Waals surface area contributed by atoms with Gasteiger partial charge in [-0.2, -0.15) is 0 Å². The zero-order chi connectivity index (χ0) is 23.3. The van der Waals surface area contributed by atoms with Gasteiger partial charge in [0.2, 0.25) is 5.91 Å². The minimum atomic E-state index is -0.376. The molecule has 6 nitrogen and oxygen atoms in total. The van der Waals surface area contributed by atoms with Crippen LogP contribution in [-0.4, -0.2) is 26.4 Å². The van der Waals surface area contributed by atoms with Gasteiger partial charge in [0.15, 0.2) is 17.1 Å². The van der Waals surface area contributed by atoms with Crippen molar-refractivity contribution in [2.75, 3.05) is 11.1 Å². The molecule has 0 aliphatic heterocycles. The number of thioether (sulfide) groups is 1. The number of hydrogen-bond acceptors (Lipinski definition) is 5. The molecule has 0 aliphatic rings. The van der Waals surface area contributed by atoms with Gasteiger partial charge in [0, 0.05) is 27.3 Å². The Balaban J connectivity index is 1.69. The average Bonchev–Trinajstić information content (AvgIpc) is 3.11. The molecule has 0 fully saturated rings. The summed E-state index contributed by atoms with van der Waals surface area (Å²) in [6.07, 6.45) is 1.37. The highest BCUT2D eigenvalue weighted by molar-refractivity contribution is 7.99. The molecule has 1 N–H and O–H groups in total. The molecule has 1 amide bonds. The SMILES string of the molecule is C=CCn1c(SCC(=O)Nc2cc(Cl)cc(Cl)c2)nnc1C(C)Oc1ccc(Cl)cc1C. The van der Waals surface area contributed by atoms with Crippen LogP contribution in [0.2, 0.25) is 15.1 Å². The summed E-state index contributed by atoms with van der Waals surface area (Å²) in [4.78, 5) is 12.4. The monoisotopic (exact) mass is 510 g/mol. The van der Waals surface area contributed by atoms with Crippen molar-refractivity contribution in [1.29, 1.82) is 0 Å². The maximum absolute atomic E-state index is 12.4. The van der Waals surface area contributed by atoms with E-state index in [-0.39, 0.29) is 17.8 Å². The van der Waals surface area contributed by atoms with Crippen LogP contribution in [0.15, 0.2) is 54.2 Å². The summed E-state index contributed by atoms with van der Waals surface area (Å²) in [6, 6.07) is 10.3. The lowest BCUT2D eigenvalue weighted by Crippen LogP contribution is -2.15. The Hall–Kier alpha value is -2.19. The Morgan fingerprint density at radius 1 is 1.19 bits per heavy atom. The van der Waals surface area contributed by atoms with E-state index in [1.807, 2.05) is 30.5 Å². The summed E-state index contributed by atoms with van der Waals surface area (Å²) < 4.78 is 7.96. The average molecular weight is 512 g/mol. The first kappa shape index (κ1) is 24.5. The Kier molecular flexibility index (Phi) is 8.48. The number of carbonyl (C=O) groups is 1. The summed E-state index contributed by atoms with van der Waals surface area (Å²) in [5, 5.41) is 13.4. The standard InChI is InChI=1S/C22H21Cl3N4O2S/c1-4-7-29-21(14(3)31-19-6-5-15(23)8-13(19)2)27-28-22(29)32-12-20(30)26-18-10-16(24)9-17(25)11-18/h4-6,8-11,14H,1,7,12H2,2-3H3,(H,26,30). The molecule has 2 aromatic carbocycles. The number of ether oxygens (including phenoxy) is 1. The van der Waals surface area contributed by atoms with Crippen molar-refractivity contribution in [3.8, 4) is 5.75 Å². The molecule has 1 aromatic heterocycles. The van der Waals surface area contributed by atoms with E-state index in [9.17, 15) is 4.79 Å². The predicted molar refractivity (Wildman–Crippen MR) is 131 cm³/mol. The normalized spacial score (nSPS) is 11.8. The second-order valence-electron chi connectivity index (χ2n) is 6.90. The van der Waals surface area contributed by atoms with Gasteiger partial charge in [-0.1, -0.05) is 52.6 Å². The highest BCUT2D eigenvalue weighted by Crippen LogP contribution is 2.28. The van der Waals surface area contributed by atoms with E-state index in [2.05, 4.69) is 22.1 Å². The number of nitrogens with zero attached hydrogens (tertiary/aromatic N) is 3. The number of amides is 1. The van der Waals surface area contributed by atoms with Gasteiger partial charge < -0.3 is 10.1 Å². The van der Waals surface area contributed by atoms with E-state index in [1.165, 1.54) is 11.8 Å². The quantitative estimate of drug-likeness (QED) is 0.259. The van der Waals surface area contributed by atoms with Crippen LogP contribution in [0.25, 0.3) is 0 Å². The van der Waals surface area contributed by atoms with Crippen molar-refractivity contribution in [2.45, 2.75) is 31.7 Å². The molecule has 0 spiro atoms. The fraction of sp³-hybridized carbons (Fsp3) is 0.227. The predicted octanol–water partition coefficient (Wildman–Crippen LogP) is 6.60. The summed E-state index contributed by atoms with van der Waals surface area (Å²) in [5.74, 6) is 1.25. The van der Waals surface area contributed by atoms with Crippen molar-refractivity contribution in [1.82, 2.24) is 14.8 Å². The van der Waals surface area contributed by atoms with Crippen molar-refractivity contribution in [3.63, 3.8) is 0 Å². The first-order valence-corrected chi connectivity index (χ1v) is 11.7. The minimum Gasteiger partial charge on any atom is -0.482 e. The lowest BCUT2D eigenvalue weighted by molar-refractivity contribution is -0.113. The molecular weight excluding hydrogens is 491 g/mol. The lowest BCUT2D eigenvalue weighted by atomic mass is 10.2. The van der Waals surface area contributed by atoms with Gasteiger partial charge in [-0.3, -0.25) is 9.36 Å².